The number of amides is 2. The lowest BCUT2D eigenvalue weighted by Crippen LogP contribution is -2.41. The number of hydrazine groups is 1. The number of benzene rings is 1. The zero-order valence-electron chi connectivity index (χ0n) is 14.2. The Morgan fingerprint density at radius 2 is 1.81 bits per heavy atom. The molecule has 3 rings (SSSR count). The fourth-order valence-electron chi connectivity index (χ4n) is 2.45. The van der Waals surface area contributed by atoms with Crippen LogP contribution in [0, 0.1) is 6.92 Å². The van der Waals surface area contributed by atoms with Crippen LogP contribution in [0.15, 0.2) is 48.8 Å². The number of aromatic nitrogens is 3. The van der Waals surface area contributed by atoms with E-state index < -0.39 is 11.8 Å². The van der Waals surface area contributed by atoms with E-state index >= 15 is 0 Å². The molecule has 9 heteroatoms. The van der Waals surface area contributed by atoms with E-state index in [1.165, 1.54) is 10.9 Å². The molecule has 2 heterocycles. The van der Waals surface area contributed by atoms with Crippen LogP contribution in [0.1, 0.15) is 32.0 Å². The maximum absolute atomic E-state index is 12.4. The lowest BCUT2D eigenvalue weighted by atomic mass is 10.2. The Morgan fingerprint density at radius 3 is 2.52 bits per heavy atom. The standard InChI is InChI=1S/C18H15Cl2N5O2/c1-11-15(18(27)23-22-17(26)12-6-4-8-21-9-12)16(20)25(24-11)10-13-5-2-3-7-14(13)19/h2-9H,10H2,1H3,(H,22,26)(H,23,27). The van der Waals surface area contributed by atoms with Crippen molar-refractivity contribution in [1.82, 2.24) is 25.6 Å². The molecule has 0 spiro atoms. The molecule has 2 amide bonds. The van der Waals surface area contributed by atoms with Crippen LogP contribution in [0.3, 0.4) is 0 Å². The molecule has 0 aliphatic carbocycles. The fraction of sp³-hybridized carbons (Fsp3) is 0.111. The molecule has 7 nitrogen and oxygen atoms in total. The summed E-state index contributed by atoms with van der Waals surface area (Å²) in [5.41, 5.74) is 6.40. The molecule has 0 aliphatic rings. The van der Waals surface area contributed by atoms with E-state index in [1.54, 1.807) is 31.3 Å². The highest BCUT2D eigenvalue weighted by molar-refractivity contribution is 6.33. The second kappa shape index (κ2) is 8.20. The molecule has 0 radical (unpaired) electrons. The van der Waals surface area contributed by atoms with Crippen LogP contribution >= 0.6 is 23.2 Å². The molecule has 27 heavy (non-hydrogen) atoms. The molecule has 0 bridgehead atoms. The monoisotopic (exact) mass is 403 g/mol. The summed E-state index contributed by atoms with van der Waals surface area (Å²) < 4.78 is 1.48. The number of rotatable bonds is 4. The first kappa shape index (κ1) is 18.9. The van der Waals surface area contributed by atoms with Gasteiger partial charge in [-0.05, 0) is 30.7 Å². The predicted molar refractivity (Wildman–Crippen MR) is 102 cm³/mol. The lowest BCUT2D eigenvalue weighted by molar-refractivity contribution is 0.0846. The minimum Gasteiger partial charge on any atom is -0.267 e. The van der Waals surface area contributed by atoms with Gasteiger partial charge in [0.2, 0.25) is 0 Å². The van der Waals surface area contributed by atoms with Crippen molar-refractivity contribution in [2.45, 2.75) is 13.5 Å². The summed E-state index contributed by atoms with van der Waals surface area (Å²) in [5, 5.41) is 5.03. The summed E-state index contributed by atoms with van der Waals surface area (Å²) in [6.07, 6.45) is 2.94. The van der Waals surface area contributed by atoms with Gasteiger partial charge in [0, 0.05) is 17.4 Å². The maximum atomic E-state index is 12.4. The van der Waals surface area contributed by atoms with E-state index in [4.69, 9.17) is 23.2 Å². The van der Waals surface area contributed by atoms with Crippen molar-refractivity contribution in [2.75, 3.05) is 0 Å². The van der Waals surface area contributed by atoms with Crippen LogP contribution < -0.4 is 10.9 Å². The van der Waals surface area contributed by atoms with Crippen LogP contribution in [-0.2, 0) is 6.54 Å². The average molecular weight is 404 g/mol. The normalized spacial score (nSPS) is 10.5. The summed E-state index contributed by atoms with van der Waals surface area (Å²) in [6, 6.07) is 10.5. The molecule has 2 aromatic heterocycles. The van der Waals surface area contributed by atoms with Crippen LogP contribution in [0.4, 0.5) is 0 Å². The van der Waals surface area contributed by atoms with E-state index in [-0.39, 0.29) is 10.7 Å². The van der Waals surface area contributed by atoms with Crippen molar-refractivity contribution >= 4 is 35.0 Å². The lowest BCUT2D eigenvalue weighted by Gasteiger charge is -2.08. The second-order valence-electron chi connectivity index (χ2n) is 5.65. The molecule has 2 N–H and O–H groups in total. The maximum Gasteiger partial charge on any atom is 0.274 e. The number of pyridine rings is 1. The zero-order chi connectivity index (χ0) is 19.4. The molecule has 3 aromatic rings. The van der Waals surface area contributed by atoms with Crippen molar-refractivity contribution < 1.29 is 9.59 Å². The third-order valence-corrected chi connectivity index (χ3v) is 4.54. The van der Waals surface area contributed by atoms with Gasteiger partial charge in [-0.2, -0.15) is 5.10 Å². The number of nitrogens with zero attached hydrogens (tertiary/aromatic N) is 3. The van der Waals surface area contributed by atoms with Gasteiger partial charge in [0.25, 0.3) is 11.8 Å². The Balaban J connectivity index is 1.73. The highest BCUT2D eigenvalue weighted by Crippen LogP contribution is 2.23. The van der Waals surface area contributed by atoms with Crippen molar-refractivity contribution in [3.8, 4) is 0 Å². The van der Waals surface area contributed by atoms with Crippen LogP contribution in [-0.4, -0.2) is 26.6 Å². The van der Waals surface area contributed by atoms with E-state index in [0.717, 1.165) is 5.56 Å². The van der Waals surface area contributed by atoms with Crippen molar-refractivity contribution in [1.29, 1.82) is 0 Å². The molecule has 0 aliphatic heterocycles. The zero-order valence-corrected chi connectivity index (χ0v) is 15.8. The van der Waals surface area contributed by atoms with Gasteiger partial charge in [0.15, 0.2) is 0 Å². The number of carbonyl (C=O) groups excluding carboxylic acids is 2. The van der Waals surface area contributed by atoms with E-state index in [1.807, 2.05) is 18.2 Å². The first-order valence-corrected chi connectivity index (χ1v) is 8.70. The third-order valence-electron chi connectivity index (χ3n) is 3.78. The molecule has 0 saturated carbocycles. The molecular formula is C18H15Cl2N5O2. The molecule has 0 atom stereocenters. The molecule has 0 unspecified atom stereocenters. The number of aryl methyl sites for hydroxylation is 1. The van der Waals surface area contributed by atoms with Crippen LogP contribution in [0.25, 0.3) is 0 Å². The Hall–Kier alpha value is -2.90. The summed E-state index contributed by atoms with van der Waals surface area (Å²) in [6.45, 7) is 1.97. The SMILES string of the molecule is Cc1nn(Cc2ccccc2Cl)c(Cl)c1C(=O)NNC(=O)c1cccnc1. The quantitative estimate of drug-likeness (QED) is 0.655. The first-order valence-electron chi connectivity index (χ1n) is 7.94. The van der Waals surface area contributed by atoms with Crippen LogP contribution in [0.5, 0.6) is 0 Å². The van der Waals surface area contributed by atoms with Gasteiger partial charge in [-0.15, -0.1) is 0 Å². The van der Waals surface area contributed by atoms with Gasteiger partial charge >= 0.3 is 0 Å². The number of hydrogen-bond acceptors (Lipinski definition) is 4. The minimum absolute atomic E-state index is 0.153. The Bertz CT molecular complexity index is 989. The highest BCUT2D eigenvalue weighted by atomic mass is 35.5. The summed E-state index contributed by atoms with van der Waals surface area (Å²) in [5.74, 6) is -1.06. The number of hydrogen-bond donors (Lipinski definition) is 2. The Labute approximate surface area is 165 Å². The molecular weight excluding hydrogens is 389 g/mol. The number of carbonyl (C=O) groups is 2. The largest absolute Gasteiger partial charge is 0.274 e. The fourth-order valence-corrected chi connectivity index (χ4v) is 2.96. The Kier molecular flexibility index (Phi) is 5.73. The van der Waals surface area contributed by atoms with Gasteiger partial charge in [-0.25, -0.2) is 4.68 Å². The summed E-state index contributed by atoms with van der Waals surface area (Å²) >= 11 is 12.5. The van der Waals surface area contributed by atoms with Gasteiger partial charge < -0.3 is 0 Å². The van der Waals surface area contributed by atoms with Gasteiger partial charge in [0.05, 0.1) is 17.8 Å². The number of nitrogens with one attached hydrogen (secondary N) is 2. The van der Waals surface area contributed by atoms with Crippen LogP contribution in [0.2, 0.25) is 10.2 Å². The van der Waals surface area contributed by atoms with E-state index in [0.29, 0.717) is 22.8 Å². The third kappa shape index (κ3) is 4.27. The summed E-state index contributed by atoms with van der Waals surface area (Å²) in [4.78, 5) is 28.3. The molecule has 0 saturated heterocycles. The summed E-state index contributed by atoms with van der Waals surface area (Å²) in [7, 11) is 0. The second-order valence-corrected chi connectivity index (χ2v) is 6.42. The van der Waals surface area contributed by atoms with E-state index in [2.05, 4.69) is 20.9 Å². The van der Waals surface area contributed by atoms with Crippen molar-refractivity contribution in [3.05, 3.63) is 81.4 Å². The van der Waals surface area contributed by atoms with E-state index in [9.17, 15) is 9.59 Å². The number of halogens is 2. The highest BCUT2D eigenvalue weighted by Gasteiger charge is 2.21. The molecule has 138 valence electrons. The average Bonchev–Trinajstić information content (AvgIpc) is 2.95. The van der Waals surface area contributed by atoms with Gasteiger partial charge in [-0.3, -0.25) is 25.4 Å². The minimum atomic E-state index is -0.569. The van der Waals surface area contributed by atoms with Crippen molar-refractivity contribution in [3.63, 3.8) is 0 Å². The topological polar surface area (TPSA) is 88.9 Å². The van der Waals surface area contributed by atoms with Gasteiger partial charge in [0.1, 0.15) is 10.7 Å². The Morgan fingerprint density at radius 1 is 1.07 bits per heavy atom. The van der Waals surface area contributed by atoms with Gasteiger partial charge in [-0.1, -0.05) is 41.4 Å². The predicted octanol–water partition coefficient (Wildman–Crippen LogP) is 3.02. The smallest absolute Gasteiger partial charge is 0.267 e. The molecule has 0 fully saturated rings. The first-order chi connectivity index (χ1) is 13.0. The van der Waals surface area contributed by atoms with Crippen molar-refractivity contribution in [2.24, 2.45) is 0 Å². The molecule has 1 aromatic carbocycles.